The SMILES string of the molecule is O=C(Cn1cccnc1=O)N1CCCC[C@@H]1c1ncc(Cc2cccc(Cl)c2)o1. The predicted octanol–water partition coefficient (Wildman–Crippen LogP) is 3.23. The molecule has 7 nitrogen and oxygen atoms in total. The van der Waals surface area contributed by atoms with Crippen molar-refractivity contribution in [1.82, 2.24) is 19.4 Å². The molecule has 1 aliphatic rings. The number of benzene rings is 1. The molecule has 1 atom stereocenters. The minimum atomic E-state index is -0.436. The van der Waals surface area contributed by atoms with Gasteiger partial charge in [-0.15, -0.1) is 0 Å². The Labute approximate surface area is 173 Å². The molecule has 1 aliphatic heterocycles. The Morgan fingerprint density at radius 1 is 1.24 bits per heavy atom. The maximum absolute atomic E-state index is 12.9. The monoisotopic (exact) mass is 412 g/mol. The van der Waals surface area contributed by atoms with Crippen molar-refractivity contribution in [3.63, 3.8) is 0 Å². The Hall–Kier alpha value is -2.93. The first-order valence-electron chi connectivity index (χ1n) is 9.60. The Kier molecular flexibility index (Phi) is 5.76. The molecule has 0 radical (unpaired) electrons. The number of likely N-dealkylation sites (tertiary alicyclic amines) is 1. The summed E-state index contributed by atoms with van der Waals surface area (Å²) in [6.07, 6.45) is 7.97. The maximum Gasteiger partial charge on any atom is 0.347 e. The van der Waals surface area contributed by atoms with Gasteiger partial charge in [0, 0.05) is 30.4 Å². The summed E-state index contributed by atoms with van der Waals surface area (Å²) < 4.78 is 7.31. The third kappa shape index (κ3) is 4.56. The van der Waals surface area contributed by atoms with E-state index in [1.165, 1.54) is 10.8 Å². The minimum Gasteiger partial charge on any atom is -0.443 e. The van der Waals surface area contributed by atoms with Crippen LogP contribution in [0.4, 0.5) is 0 Å². The van der Waals surface area contributed by atoms with Gasteiger partial charge in [-0.3, -0.25) is 9.36 Å². The van der Waals surface area contributed by atoms with Crippen molar-refractivity contribution in [2.24, 2.45) is 0 Å². The largest absolute Gasteiger partial charge is 0.443 e. The van der Waals surface area contributed by atoms with Crippen LogP contribution in [0.3, 0.4) is 0 Å². The van der Waals surface area contributed by atoms with Gasteiger partial charge in [-0.2, -0.15) is 0 Å². The lowest BCUT2D eigenvalue weighted by Gasteiger charge is -2.33. The second kappa shape index (κ2) is 8.61. The zero-order chi connectivity index (χ0) is 20.2. The molecule has 0 N–H and O–H groups in total. The number of aromatic nitrogens is 3. The van der Waals surface area contributed by atoms with Crippen LogP contribution in [0.15, 0.2) is 58.1 Å². The summed E-state index contributed by atoms with van der Waals surface area (Å²) in [5.74, 6) is 1.12. The van der Waals surface area contributed by atoms with E-state index in [1.54, 1.807) is 23.4 Å². The number of carbonyl (C=O) groups excluding carboxylic acids is 1. The number of oxazole rings is 1. The molecular weight excluding hydrogens is 392 g/mol. The van der Waals surface area contributed by atoms with E-state index in [1.807, 2.05) is 24.3 Å². The molecule has 0 spiro atoms. The first-order chi connectivity index (χ1) is 14.1. The smallest absolute Gasteiger partial charge is 0.347 e. The summed E-state index contributed by atoms with van der Waals surface area (Å²) >= 11 is 6.05. The van der Waals surface area contributed by atoms with Crippen molar-refractivity contribution >= 4 is 17.5 Å². The maximum atomic E-state index is 12.9. The lowest BCUT2D eigenvalue weighted by atomic mass is 10.0. The van der Waals surface area contributed by atoms with Gasteiger partial charge in [0.05, 0.1) is 6.20 Å². The zero-order valence-corrected chi connectivity index (χ0v) is 16.6. The number of hydrogen-bond acceptors (Lipinski definition) is 5. The van der Waals surface area contributed by atoms with E-state index in [0.717, 1.165) is 30.6 Å². The predicted molar refractivity (Wildman–Crippen MR) is 108 cm³/mol. The van der Waals surface area contributed by atoms with Crippen LogP contribution < -0.4 is 5.69 Å². The van der Waals surface area contributed by atoms with Gasteiger partial charge in [-0.25, -0.2) is 14.8 Å². The third-order valence-electron chi connectivity index (χ3n) is 5.04. The molecule has 3 aromatic rings. The number of hydrogen-bond donors (Lipinski definition) is 0. The molecular formula is C21H21ClN4O3. The Morgan fingerprint density at radius 3 is 2.97 bits per heavy atom. The highest BCUT2D eigenvalue weighted by Gasteiger charge is 2.31. The van der Waals surface area contributed by atoms with Crippen molar-refractivity contribution in [3.8, 4) is 0 Å². The quantitative estimate of drug-likeness (QED) is 0.642. The van der Waals surface area contributed by atoms with Crippen LogP contribution in [-0.2, 0) is 17.8 Å². The first kappa shape index (κ1) is 19.4. The highest BCUT2D eigenvalue weighted by molar-refractivity contribution is 6.30. The average molecular weight is 413 g/mol. The van der Waals surface area contributed by atoms with E-state index in [0.29, 0.717) is 23.9 Å². The van der Waals surface area contributed by atoms with Crippen LogP contribution in [0.1, 0.15) is 42.5 Å². The van der Waals surface area contributed by atoms with Gasteiger partial charge in [0.25, 0.3) is 0 Å². The van der Waals surface area contributed by atoms with Crippen LogP contribution >= 0.6 is 11.6 Å². The van der Waals surface area contributed by atoms with Crippen molar-refractivity contribution in [2.75, 3.05) is 6.54 Å². The molecule has 0 bridgehead atoms. The summed E-state index contributed by atoms with van der Waals surface area (Å²) in [5.41, 5.74) is 0.599. The van der Waals surface area contributed by atoms with E-state index in [4.69, 9.17) is 16.0 Å². The fourth-order valence-corrected chi connectivity index (χ4v) is 3.85. The lowest BCUT2D eigenvalue weighted by Crippen LogP contribution is -2.42. The number of carbonyl (C=O) groups is 1. The molecule has 1 amide bonds. The van der Waals surface area contributed by atoms with Gasteiger partial charge >= 0.3 is 5.69 Å². The van der Waals surface area contributed by atoms with Crippen LogP contribution in [0.2, 0.25) is 5.02 Å². The van der Waals surface area contributed by atoms with E-state index in [9.17, 15) is 9.59 Å². The summed E-state index contributed by atoms with van der Waals surface area (Å²) in [6, 6.07) is 9.02. The summed E-state index contributed by atoms with van der Waals surface area (Å²) in [6.45, 7) is 0.573. The van der Waals surface area contributed by atoms with Crippen LogP contribution in [0.5, 0.6) is 0 Å². The number of piperidine rings is 1. The van der Waals surface area contributed by atoms with Crippen molar-refractivity contribution < 1.29 is 9.21 Å². The molecule has 1 saturated heterocycles. The highest BCUT2D eigenvalue weighted by Crippen LogP contribution is 2.31. The van der Waals surface area contributed by atoms with Gasteiger partial charge in [-0.1, -0.05) is 23.7 Å². The average Bonchev–Trinajstić information content (AvgIpc) is 3.18. The highest BCUT2D eigenvalue weighted by atomic mass is 35.5. The van der Waals surface area contributed by atoms with Crippen molar-refractivity contribution in [3.05, 3.63) is 81.6 Å². The number of halogens is 1. The van der Waals surface area contributed by atoms with Gasteiger partial charge in [0.15, 0.2) is 0 Å². The molecule has 0 aliphatic carbocycles. The number of amides is 1. The Balaban J connectivity index is 1.50. The van der Waals surface area contributed by atoms with Gasteiger partial charge < -0.3 is 9.32 Å². The molecule has 2 aromatic heterocycles. The van der Waals surface area contributed by atoms with Crippen molar-refractivity contribution in [1.29, 1.82) is 0 Å². The molecule has 1 aromatic carbocycles. The fraction of sp³-hybridized carbons (Fsp3) is 0.333. The second-order valence-corrected chi connectivity index (χ2v) is 7.54. The molecule has 8 heteroatoms. The van der Waals surface area contributed by atoms with E-state index >= 15 is 0 Å². The van der Waals surface area contributed by atoms with Gasteiger partial charge in [-0.05, 0) is 43.0 Å². The van der Waals surface area contributed by atoms with Crippen molar-refractivity contribution in [2.45, 2.75) is 38.3 Å². The fourth-order valence-electron chi connectivity index (χ4n) is 3.64. The van der Waals surface area contributed by atoms with E-state index in [-0.39, 0.29) is 18.5 Å². The molecule has 4 rings (SSSR count). The first-order valence-corrected chi connectivity index (χ1v) is 9.98. The number of nitrogens with zero attached hydrogens (tertiary/aromatic N) is 4. The molecule has 150 valence electrons. The van der Waals surface area contributed by atoms with Gasteiger partial charge in [0.1, 0.15) is 18.3 Å². The lowest BCUT2D eigenvalue weighted by molar-refractivity contribution is -0.136. The van der Waals surface area contributed by atoms with Gasteiger partial charge in [0.2, 0.25) is 11.8 Å². The van der Waals surface area contributed by atoms with E-state index < -0.39 is 5.69 Å². The summed E-state index contributed by atoms with van der Waals surface area (Å²) in [5, 5.41) is 0.678. The third-order valence-corrected chi connectivity index (χ3v) is 5.27. The molecule has 0 saturated carbocycles. The van der Waals surface area contributed by atoms with E-state index in [2.05, 4.69) is 9.97 Å². The summed E-state index contributed by atoms with van der Waals surface area (Å²) in [4.78, 5) is 34.6. The molecule has 1 fully saturated rings. The standard InChI is InChI=1S/C21H21ClN4O3/c22-16-6-3-5-15(11-16)12-17-13-24-20(29-17)18-7-1-2-10-26(18)19(27)14-25-9-4-8-23-21(25)28/h3-6,8-9,11,13,18H,1-2,7,10,12,14H2/t18-/m1/s1. The zero-order valence-electron chi connectivity index (χ0n) is 15.8. The topological polar surface area (TPSA) is 81.2 Å². The normalized spacial score (nSPS) is 16.7. The molecule has 3 heterocycles. The minimum absolute atomic E-state index is 0.0424. The molecule has 29 heavy (non-hydrogen) atoms. The Morgan fingerprint density at radius 2 is 2.14 bits per heavy atom. The van der Waals surface area contributed by atoms with Crippen LogP contribution in [0, 0.1) is 0 Å². The molecule has 0 unspecified atom stereocenters. The van der Waals surface area contributed by atoms with Crippen LogP contribution in [-0.4, -0.2) is 31.9 Å². The summed E-state index contributed by atoms with van der Waals surface area (Å²) in [7, 11) is 0. The Bertz CT molecular complexity index is 1060. The second-order valence-electron chi connectivity index (χ2n) is 7.10. The van der Waals surface area contributed by atoms with Crippen LogP contribution in [0.25, 0.3) is 0 Å². The number of rotatable bonds is 5.